The average Bonchev–Trinajstić information content (AvgIpc) is 2.05. The van der Waals surface area contributed by atoms with Gasteiger partial charge in [0.1, 0.15) is 5.75 Å². The summed E-state index contributed by atoms with van der Waals surface area (Å²) in [5.74, 6) is 2.26. The molecule has 1 radical (unpaired) electrons. The molecular weight excluding hydrogens is 263 g/mol. The number of hydrogen-bond acceptors (Lipinski definition) is 1. The van der Waals surface area contributed by atoms with Crippen molar-refractivity contribution in [1.82, 2.24) is 0 Å². The van der Waals surface area contributed by atoms with Gasteiger partial charge in [-0.05, 0) is 46.2 Å². The first-order valence-corrected chi connectivity index (χ1v) is 4.87. The first kappa shape index (κ1) is 9.84. The van der Waals surface area contributed by atoms with Crippen LogP contribution in [0.5, 0.6) is 5.75 Å². The Kier molecular flexibility index (Phi) is 3.38. The van der Waals surface area contributed by atoms with E-state index in [4.69, 9.17) is 4.74 Å². The molecule has 0 heterocycles. The van der Waals surface area contributed by atoms with Crippen LogP contribution < -0.4 is 4.74 Å². The highest BCUT2D eigenvalue weighted by Crippen LogP contribution is 2.25. The molecule has 0 aromatic heterocycles. The zero-order valence-electron chi connectivity index (χ0n) is 7.52. The Balaban J connectivity index is 3.05. The summed E-state index contributed by atoms with van der Waals surface area (Å²) in [4.78, 5) is 0. The first-order valence-electron chi connectivity index (χ1n) is 3.79. The standard InChI is InChI=1S/C10H12IO/c1-7(2)8-4-5-9(11)10(6-8)12-3/h4-6H,1-3H3. The minimum Gasteiger partial charge on any atom is -0.496 e. The van der Waals surface area contributed by atoms with Crippen LogP contribution in [0.1, 0.15) is 19.4 Å². The van der Waals surface area contributed by atoms with Gasteiger partial charge in [0.15, 0.2) is 0 Å². The molecule has 12 heavy (non-hydrogen) atoms. The van der Waals surface area contributed by atoms with Crippen LogP contribution in [-0.2, 0) is 0 Å². The lowest BCUT2D eigenvalue weighted by Crippen LogP contribution is -1.92. The van der Waals surface area contributed by atoms with E-state index in [1.807, 2.05) is 0 Å². The molecule has 0 unspecified atom stereocenters. The number of ether oxygens (including phenoxy) is 1. The second kappa shape index (κ2) is 4.12. The van der Waals surface area contributed by atoms with Gasteiger partial charge in [-0.3, -0.25) is 0 Å². The molecule has 65 valence electrons. The zero-order chi connectivity index (χ0) is 9.14. The molecule has 0 atom stereocenters. The van der Waals surface area contributed by atoms with Gasteiger partial charge in [-0.25, -0.2) is 0 Å². The zero-order valence-corrected chi connectivity index (χ0v) is 9.68. The van der Waals surface area contributed by atoms with Crippen molar-refractivity contribution in [3.05, 3.63) is 33.3 Å². The Labute approximate surface area is 87.3 Å². The SMILES string of the molecule is COc1cc([C](C)C)ccc1I. The van der Waals surface area contributed by atoms with Gasteiger partial charge in [-0.15, -0.1) is 0 Å². The van der Waals surface area contributed by atoms with Crippen molar-refractivity contribution in [3.63, 3.8) is 0 Å². The van der Waals surface area contributed by atoms with E-state index >= 15 is 0 Å². The maximum atomic E-state index is 5.21. The van der Waals surface area contributed by atoms with Crippen LogP contribution in [0.25, 0.3) is 0 Å². The van der Waals surface area contributed by atoms with Crippen LogP contribution in [0.2, 0.25) is 0 Å². The fourth-order valence-electron chi connectivity index (χ4n) is 0.971. The van der Waals surface area contributed by atoms with Crippen molar-refractivity contribution in [1.29, 1.82) is 0 Å². The third kappa shape index (κ3) is 2.12. The molecule has 2 heteroatoms. The van der Waals surface area contributed by atoms with Crippen molar-refractivity contribution in [2.24, 2.45) is 0 Å². The second-order valence-electron chi connectivity index (χ2n) is 2.85. The first-order chi connectivity index (χ1) is 5.65. The maximum Gasteiger partial charge on any atom is 0.132 e. The fourth-order valence-corrected chi connectivity index (χ4v) is 1.53. The topological polar surface area (TPSA) is 9.23 Å². The molecule has 0 bridgehead atoms. The van der Waals surface area contributed by atoms with Crippen molar-refractivity contribution in [3.8, 4) is 5.75 Å². The lowest BCUT2D eigenvalue weighted by atomic mass is 10.0. The molecule has 1 aromatic carbocycles. The maximum absolute atomic E-state index is 5.21. The number of hydrogen-bond donors (Lipinski definition) is 0. The number of rotatable bonds is 2. The lowest BCUT2D eigenvalue weighted by Gasteiger charge is -2.08. The molecule has 0 aliphatic heterocycles. The Morgan fingerprint density at radius 1 is 1.33 bits per heavy atom. The Bertz CT molecular complexity index is 269. The molecule has 0 N–H and O–H groups in total. The molecule has 1 nitrogen and oxygen atoms in total. The minimum absolute atomic E-state index is 0.953. The predicted octanol–water partition coefficient (Wildman–Crippen LogP) is 3.26. The van der Waals surface area contributed by atoms with E-state index in [1.165, 1.54) is 11.5 Å². The molecule has 0 saturated carbocycles. The summed E-state index contributed by atoms with van der Waals surface area (Å²) in [6.07, 6.45) is 0. The van der Waals surface area contributed by atoms with Crippen molar-refractivity contribution in [2.75, 3.05) is 7.11 Å². The summed E-state index contributed by atoms with van der Waals surface area (Å²) in [5, 5.41) is 0. The molecule has 1 aromatic rings. The average molecular weight is 275 g/mol. The summed E-state index contributed by atoms with van der Waals surface area (Å²) in [6, 6.07) is 6.25. The molecular formula is C10H12IO. The van der Waals surface area contributed by atoms with Gasteiger partial charge in [-0.1, -0.05) is 19.9 Å². The van der Waals surface area contributed by atoms with Crippen LogP contribution in [0.15, 0.2) is 18.2 Å². The van der Waals surface area contributed by atoms with Crippen LogP contribution in [0.4, 0.5) is 0 Å². The fraction of sp³-hybridized carbons (Fsp3) is 0.300. The highest BCUT2D eigenvalue weighted by Gasteiger charge is 2.03. The van der Waals surface area contributed by atoms with Gasteiger partial charge >= 0.3 is 0 Å². The third-order valence-corrected chi connectivity index (χ3v) is 2.62. The van der Waals surface area contributed by atoms with Gasteiger partial charge in [-0.2, -0.15) is 0 Å². The quantitative estimate of drug-likeness (QED) is 0.753. The summed E-state index contributed by atoms with van der Waals surface area (Å²) >= 11 is 2.27. The van der Waals surface area contributed by atoms with E-state index in [1.54, 1.807) is 7.11 Å². The van der Waals surface area contributed by atoms with Crippen molar-refractivity contribution < 1.29 is 4.74 Å². The van der Waals surface area contributed by atoms with Gasteiger partial charge in [0, 0.05) is 0 Å². The van der Waals surface area contributed by atoms with Crippen LogP contribution in [0, 0.1) is 9.49 Å². The van der Waals surface area contributed by atoms with Crippen molar-refractivity contribution in [2.45, 2.75) is 13.8 Å². The molecule has 0 amide bonds. The minimum atomic E-state index is 0.953. The Morgan fingerprint density at radius 2 is 2.00 bits per heavy atom. The number of benzene rings is 1. The summed E-state index contributed by atoms with van der Waals surface area (Å²) in [7, 11) is 1.70. The van der Waals surface area contributed by atoms with Gasteiger partial charge in [0.25, 0.3) is 0 Å². The monoisotopic (exact) mass is 275 g/mol. The van der Waals surface area contributed by atoms with E-state index in [-0.39, 0.29) is 0 Å². The van der Waals surface area contributed by atoms with Crippen molar-refractivity contribution >= 4 is 22.6 Å². The highest BCUT2D eigenvalue weighted by molar-refractivity contribution is 14.1. The smallest absolute Gasteiger partial charge is 0.132 e. The normalized spacial score (nSPS) is 10.4. The van der Waals surface area contributed by atoms with Gasteiger partial charge in [0.05, 0.1) is 10.7 Å². The molecule has 1 rings (SSSR count). The largest absolute Gasteiger partial charge is 0.496 e. The molecule has 0 aliphatic rings. The summed E-state index contributed by atoms with van der Waals surface area (Å²) in [5.41, 5.74) is 1.24. The predicted molar refractivity (Wildman–Crippen MR) is 59.4 cm³/mol. The Morgan fingerprint density at radius 3 is 2.50 bits per heavy atom. The molecule has 0 saturated heterocycles. The second-order valence-corrected chi connectivity index (χ2v) is 4.01. The van der Waals surface area contributed by atoms with E-state index in [9.17, 15) is 0 Å². The number of methoxy groups -OCH3 is 1. The van der Waals surface area contributed by atoms with E-state index in [2.05, 4.69) is 54.6 Å². The van der Waals surface area contributed by atoms with Crippen LogP contribution >= 0.6 is 22.6 Å². The van der Waals surface area contributed by atoms with Crippen LogP contribution in [0.3, 0.4) is 0 Å². The van der Waals surface area contributed by atoms with E-state index < -0.39 is 0 Å². The Hall–Kier alpha value is -0.250. The number of halogens is 1. The summed E-state index contributed by atoms with van der Waals surface area (Å²) < 4.78 is 6.37. The van der Waals surface area contributed by atoms with Gasteiger partial charge < -0.3 is 4.74 Å². The molecule has 0 fully saturated rings. The van der Waals surface area contributed by atoms with E-state index in [0.717, 1.165) is 9.32 Å². The third-order valence-electron chi connectivity index (χ3n) is 1.73. The summed E-state index contributed by atoms with van der Waals surface area (Å²) in [6.45, 7) is 4.20. The lowest BCUT2D eigenvalue weighted by molar-refractivity contribution is 0.411. The molecule has 0 spiro atoms. The molecule has 0 aliphatic carbocycles. The highest BCUT2D eigenvalue weighted by atomic mass is 127. The van der Waals surface area contributed by atoms with E-state index in [0.29, 0.717) is 0 Å². The van der Waals surface area contributed by atoms with Gasteiger partial charge in [0.2, 0.25) is 0 Å². The van der Waals surface area contributed by atoms with Crippen LogP contribution in [-0.4, -0.2) is 7.11 Å².